The van der Waals surface area contributed by atoms with E-state index in [1.165, 1.54) is 0 Å². The van der Waals surface area contributed by atoms with Gasteiger partial charge in [0.15, 0.2) is 0 Å². The van der Waals surface area contributed by atoms with Crippen molar-refractivity contribution < 1.29 is 4.79 Å². The highest BCUT2D eigenvalue weighted by Gasteiger charge is 2.14. The summed E-state index contributed by atoms with van der Waals surface area (Å²) in [5, 5.41) is 10.5. The minimum atomic E-state index is -0.150. The molecule has 0 unspecified atom stereocenters. The van der Waals surface area contributed by atoms with Gasteiger partial charge in [0.25, 0.3) is 5.95 Å². The second-order valence-electron chi connectivity index (χ2n) is 6.59. The van der Waals surface area contributed by atoms with Crippen LogP contribution in [-0.2, 0) is 4.79 Å². The predicted molar refractivity (Wildman–Crippen MR) is 105 cm³/mol. The number of hydrogen-bond donors (Lipinski definition) is 2. The van der Waals surface area contributed by atoms with Crippen LogP contribution < -0.4 is 10.6 Å². The molecule has 1 amide bonds. The summed E-state index contributed by atoms with van der Waals surface area (Å²) in [6, 6.07) is 13.8. The fraction of sp³-hybridized carbons (Fsp3) is 0.300. The summed E-state index contributed by atoms with van der Waals surface area (Å²) in [7, 11) is 0. The van der Waals surface area contributed by atoms with Gasteiger partial charge in [0.05, 0.1) is 12.2 Å². The molecule has 27 heavy (non-hydrogen) atoms. The minimum absolute atomic E-state index is 0.0753. The molecule has 0 radical (unpaired) electrons. The number of anilines is 1. The van der Waals surface area contributed by atoms with Gasteiger partial charge in [-0.15, -0.1) is 0 Å². The van der Waals surface area contributed by atoms with Crippen molar-refractivity contribution in [3.63, 3.8) is 0 Å². The van der Waals surface area contributed by atoms with E-state index in [9.17, 15) is 4.79 Å². The number of benzene rings is 1. The fourth-order valence-corrected chi connectivity index (χ4v) is 2.84. The van der Waals surface area contributed by atoms with Crippen molar-refractivity contribution in [3.8, 4) is 5.95 Å². The van der Waals surface area contributed by atoms with Crippen LogP contribution in [0.25, 0.3) is 5.95 Å². The lowest BCUT2D eigenvalue weighted by Crippen LogP contribution is -2.30. The minimum Gasteiger partial charge on any atom is -0.309 e. The molecule has 0 spiro atoms. The van der Waals surface area contributed by atoms with Crippen LogP contribution >= 0.6 is 0 Å². The normalized spacial score (nSPS) is 12.0. The first-order chi connectivity index (χ1) is 12.9. The van der Waals surface area contributed by atoms with Gasteiger partial charge in [0, 0.05) is 23.5 Å². The topological polar surface area (TPSA) is 84.7 Å². The van der Waals surface area contributed by atoms with Gasteiger partial charge >= 0.3 is 0 Å². The highest BCUT2D eigenvalue weighted by atomic mass is 16.2. The zero-order chi connectivity index (χ0) is 19.4. The summed E-state index contributed by atoms with van der Waals surface area (Å²) >= 11 is 0. The molecule has 0 aliphatic rings. The highest BCUT2D eigenvalue weighted by Crippen LogP contribution is 2.15. The lowest BCUT2D eigenvalue weighted by Gasteiger charge is -2.14. The van der Waals surface area contributed by atoms with Gasteiger partial charge < -0.3 is 10.6 Å². The summed E-state index contributed by atoms with van der Waals surface area (Å²) in [4.78, 5) is 21.3. The molecule has 3 rings (SSSR count). The number of carbonyl (C=O) groups excluding carboxylic acids is 1. The van der Waals surface area contributed by atoms with Crippen LogP contribution in [0.3, 0.4) is 0 Å². The molecule has 140 valence electrons. The van der Waals surface area contributed by atoms with Crippen LogP contribution in [0.1, 0.15) is 35.6 Å². The number of amides is 1. The van der Waals surface area contributed by atoms with Crippen molar-refractivity contribution >= 4 is 11.7 Å². The Morgan fingerprint density at radius 2 is 1.70 bits per heavy atom. The molecule has 1 aromatic carbocycles. The molecular weight excluding hydrogens is 340 g/mol. The molecule has 7 nitrogen and oxygen atoms in total. The van der Waals surface area contributed by atoms with Gasteiger partial charge in [0.1, 0.15) is 5.82 Å². The number of hydrogen-bond acceptors (Lipinski definition) is 5. The Morgan fingerprint density at radius 1 is 1.04 bits per heavy atom. The van der Waals surface area contributed by atoms with Crippen LogP contribution in [0.2, 0.25) is 0 Å². The first-order valence-electron chi connectivity index (χ1n) is 8.90. The number of aromatic nitrogens is 4. The van der Waals surface area contributed by atoms with E-state index in [2.05, 4.69) is 25.7 Å². The van der Waals surface area contributed by atoms with Crippen molar-refractivity contribution in [1.82, 2.24) is 25.1 Å². The maximum Gasteiger partial charge on any atom is 0.252 e. The van der Waals surface area contributed by atoms with Crippen molar-refractivity contribution in [2.75, 3.05) is 11.9 Å². The van der Waals surface area contributed by atoms with E-state index in [0.717, 1.165) is 22.6 Å². The average Bonchev–Trinajstić information content (AvgIpc) is 3.00. The van der Waals surface area contributed by atoms with Crippen molar-refractivity contribution in [2.24, 2.45) is 0 Å². The third-order valence-electron chi connectivity index (χ3n) is 4.13. The Balaban J connectivity index is 1.69. The monoisotopic (exact) mass is 364 g/mol. The Labute approximate surface area is 158 Å². The second-order valence-corrected chi connectivity index (χ2v) is 6.59. The number of rotatable bonds is 6. The van der Waals surface area contributed by atoms with E-state index in [0.29, 0.717) is 11.8 Å². The smallest absolute Gasteiger partial charge is 0.252 e. The van der Waals surface area contributed by atoms with E-state index >= 15 is 0 Å². The average molecular weight is 364 g/mol. The fourth-order valence-electron chi connectivity index (χ4n) is 2.84. The third kappa shape index (κ3) is 4.77. The molecule has 0 aliphatic heterocycles. The number of nitrogens with zero attached hydrogens (tertiary/aromatic N) is 4. The van der Waals surface area contributed by atoms with Crippen LogP contribution in [0.4, 0.5) is 5.82 Å². The van der Waals surface area contributed by atoms with E-state index in [1.807, 2.05) is 64.1 Å². The maximum absolute atomic E-state index is 12.4. The number of nitrogens with one attached hydrogen (secondary N) is 2. The van der Waals surface area contributed by atoms with Gasteiger partial charge in [-0.25, -0.2) is 9.97 Å². The van der Waals surface area contributed by atoms with Crippen molar-refractivity contribution in [2.45, 2.75) is 33.7 Å². The van der Waals surface area contributed by atoms with E-state index in [4.69, 9.17) is 0 Å². The number of aryl methyl sites for hydroxylation is 3. The molecule has 1 atom stereocenters. The largest absolute Gasteiger partial charge is 0.309 e. The Hall–Kier alpha value is -3.06. The number of carbonyl (C=O) groups is 1. The predicted octanol–water partition coefficient (Wildman–Crippen LogP) is 2.88. The lowest BCUT2D eigenvalue weighted by atomic mass is 10.1. The molecule has 0 saturated carbocycles. The van der Waals surface area contributed by atoms with Gasteiger partial charge in [0.2, 0.25) is 5.91 Å². The Bertz CT molecular complexity index is 915. The summed E-state index contributed by atoms with van der Waals surface area (Å²) in [5.41, 5.74) is 3.61. The zero-order valence-electron chi connectivity index (χ0n) is 16.0. The second kappa shape index (κ2) is 8.09. The lowest BCUT2D eigenvalue weighted by molar-refractivity contribution is -0.115. The molecule has 0 saturated heterocycles. The molecule has 2 aromatic heterocycles. The van der Waals surface area contributed by atoms with E-state index in [1.54, 1.807) is 10.7 Å². The summed E-state index contributed by atoms with van der Waals surface area (Å²) < 4.78 is 1.56. The van der Waals surface area contributed by atoms with Gasteiger partial charge in [-0.05, 0) is 39.3 Å². The third-order valence-corrected chi connectivity index (χ3v) is 4.13. The Morgan fingerprint density at radius 3 is 2.37 bits per heavy atom. The van der Waals surface area contributed by atoms with Crippen LogP contribution in [0.15, 0.2) is 42.5 Å². The highest BCUT2D eigenvalue weighted by molar-refractivity contribution is 5.91. The molecule has 2 heterocycles. The molecule has 0 fully saturated rings. The van der Waals surface area contributed by atoms with Crippen LogP contribution in [0, 0.1) is 20.8 Å². The zero-order valence-corrected chi connectivity index (χ0v) is 16.0. The van der Waals surface area contributed by atoms with E-state index < -0.39 is 0 Å². The molecular formula is C20H24N6O. The Kier molecular flexibility index (Phi) is 5.61. The summed E-state index contributed by atoms with van der Waals surface area (Å²) in [5.74, 6) is 0.849. The SMILES string of the molecule is Cc1cc(C)nc(-n2nc(C)cc2NC(=O)CN[C@H](C)c2ccccc2)n1. The first-order valence-corrected chi connectivity index (χ1v) is 8.90. The summed E-state index contributed by atoms with van der Waals surface area (Å²) in [6.45, 7) is 7.89. The van der Waals surface area contributed by atoms with Crippen molar-refractivity contribution in [3.05, 3.63) is 65.1 Å². The van der Waals surface area contributed by atoms with Crippen molar-refractivity contribution in [1.29, 1.82) is 0 Å². The van der Waals surface area contributed by atoms with Gasteiger partial charge in [-0.3, -0.25) is 4.79 Å². The van der Waals surface area contributed by atoms with Crippen LogP contribution in [-0.4, -0.2) is 32.2 Å². The quantitative estimate of drug-likeness (QED) is 0.702. The van der Waals surface area contributed by atoms with Gasteiger partial charge in [-0.2, -0.15) is 9.78 Å². The maximum atomic E-state index is 12.4. The van der Waals surface area contributed by atoms with Gasteiger partial charge in [-0.1, -0.05) is 30.3 Å². The molecule has 7 heteroatoms. The molecule has 0 aliphatic carbocycles. The van der Waals surface area contributed by atoms with Crippen LogP contribution in [0.5, 0.6) is 0 Å². The first kappa shape index (κ1) is 18.7. The van der Waals surface area contributed by atoms with E-state index in [-0.39, 0.29) is 18.5 Å². The molecule has 0 bridgehead atoms. The molecule has 3 aromatic rings. The molecule has 2 N–H and O–H groups in total. The standard InChI is InChI=1S/C20H24N6O/c1-13-10-14(2)23-20(22-13)26-18(11-15(3)25-26)24-19(27)12-21-16(4)17-8-6-5-7-9-17/h5-11,16,21H,12H2,1-4H3,(H,24,27)/t16-/m1/s1. The summed E-state index contributed by atoms with van der Waals surface area (Å²) in [6.07, 6.45) is 0.